The van der Waals surface area contributed by atoms with Gasteiger partial charge in [-0.05, 0) is 68.6 Å². The summed E-state index contributed by atoms with van der Waals surface area (Å²) in [7, 11) is 0. The number of benzene rings is 1. The van der Waals surface area contributed by atoms with Crippen LogP contribution in [0.4, 0.5) is 0 Å². The van der Waals surface area contributed by atoms with Gasteiger partial charge >= 0.3 is 0 Å². The smallest absolute Gasteiger partial charge is 0.274 e. The number of amides is 2. The van der Waals surface area contributed by atoms with Gasteiger partial charge in [0.2, 0.25) is 0 Å². The largest absolute Gasteiger partial charge is 0.350 e. The van der Waals surface area contributed by atoms with Crippen LogP contribution in [0.3, 0.4) is 0 Å². The second kappa shape index (κ2) is 9.53. The number of fused-ring (bicyclic) bond motifs is 1. The van der Waals surface area contributed by atoms with Gasteiger partial charge in [-0.3, -0.25) is 14.6 Å². The lowest BCUT2D eigenvalue weighted by Gasteiger charge is -2.28. The van der Waals surface area contributed by atoms with Crippen LogP contribution in [-0.2, 0) is 0 Å². The maximum atomic E-state index is 14.0. The third kappa shape index (κ3) is 4.74. The van der Waals surface area contributed by atoms with Gasteiger partial charge in [-0.25, -0.2) is 4.98 Å². The molecule has 35 heavy (non-hydrogen) atoms. The molecule has 0 radical (unpaired) electrons. The van der Waals surface area contributed by atoms with E-state index in [9.17, 15) is 9.59 Å². The Kier molecular flexibility index (Phi) is 6.45. The van der Waals surface area contributed by atoms with Crippen molar-refractivity contribution in [2.75, 3.05) is 13.1 Å². The zero-order valence-electron chi connectivity index (χ0n) is 20.7. The Morgan fingerprint density at radius 2 is 1.94 bits per heavy atom. The lowest BCUT2D eigenvalue weighted by molar-refractivity contribution is 0.0692. The molecule has 0 spiro atoms. The van der Waals surface area contributed by atoms with Gasteiger partial charge in [0.1, 0.15) is 5.69 Å². The summed E-state index contributed by atoms with van der Waals surface area (Å²) < 4.78 is 0. The number of carbonyl (C=O) groups is 2. The Bertz CT molecular complexity index is 1270. The summed E-state index contributed by atoms with van der Waals surface area (Å²) in [4.78, 5) is 38.6. The monoisotopic (exact) mass is 488 g/mol. The van der Waals surface area contributed by atoms with E-state index >= 15 is 0 Å². The SMILES string of the molecule is Cc1cncc(C(=O)NCC2C3CC(C)CC3CN2C(=O)c2nc(C)sc2-c2cccc(C)c2)c1. The van der Waals surface area contributed by atoms with E-state index in [2.05, 4.69) is 41.3 Å². The standard InChI is InChI=1S/C28H32N4O2S/c1-16-6-5-7-20(8-16)26-25(31-19(4)35-26)28(34)32-15-22-9-17(2)11-23(22)24(32)14-30-27(33)21-10-18(3)12-29-13-21/h5-8,10,12-13,17,22-24H,9,11,14-15H2,1-4H3,(H,30,33). The van der Waals surface area contributed by atoms with Crippen LogP contribution in [0.15, 0.2) is 42.7 Å². The Morgan fingerprint density at radius 1 is 1.11 bits per heavy atom. The molecule has 1 saturated carbocycles. The van der Waals surface area contributed by atoms with Crippen molar-refractivity contribution >= 4 is 23.2 Å². The first-order chi connectivity index (χ1) is 16.8. The first-order valence-electron chi connectivity index (χ1n) is 12.4. The first kappa shape index (κ1) is 23.7. The molecule has 5 rings (SSSR count). The van der Waals surface area contributed by atoms with Gasteiger partial charge in [0.05, 0.1) is 21.5 Å². The second-order valence-corrected chi connectivity index (χ2v) is 11.5. The molecule has 2 aromatic heterocycles. The highest BCUT2D eigenvalue weighted by atomic mass is 32.1. The van der Waals surface area contributed by atoms with Gasteiger partial charge < -0.3 is 10.2 Å². The quantitative estimate of drug-likeness (QED) is 0.546. The summed E-state index contributed by atoms with van der Waals surface area (Å²) in [6.07, 6.45) is 5.54. The number of aryl methyl sites for hydroxylation is 3. The maximum Gasteiger partial charge on any atom is 0.274 e. The van der Waals surface area contributed by atoms with Gasteiger partial charge in [-0.1, -0.05) is 36.8 Å². The molecule has 2 fully saturated rings. The summed E-state index contributed by atoms with van der Waals surface area (Å²) in [6.45, 7) is 9.39. The van der Waals surface area contributed by atoms with Crippen LogP contribution in [0.2, 0.25) is 0 Å². The molecule has 182 valence electrons. The van der Waals surface area contributed by atoms with Gasteiger partial charge in [0.15, 0.2) is 0 Å². The van der Waals surface area contributed by atoms with Gasteiger partial charge in [-0.2, -0.15) is 0 Å². The van der Waals surface area contributed by atoms with Gasteiger partial charge in [0, 0.05) is 25.5 Å². The summed E-state index contributed by atoms with van der Waals surface area (Å²) in [5.41, 5.74) is 4.22. The van der Waals surface area contributed by atoms with E-state index in [1.807, 2.05) is 36.9 Å². The second-order valence-electron chi connectivity index (χ2n) is 10.3. The van der Waals surface area contributed by atoms with Crippen molar-refractivity contribution in [3.8, 4) is 10.4 Å². The average molecular weight is 489 g/mol. The molecule has 3 heterocycles. The lowest BCUT2D eigenvalue weighted by Crippen LogP contribution is -2.46. The molecule has 2 amide bonds. The summed E-state index contributed by atoms with van der Waals surface area (Å²) >= 11 is 1.57. The topological polar surface area (TPSA) is 75.2 Å². The van der Waals surface area contributed by atoms with E-state index in [1.165, 1.54) is 0 Å². The minimum Gasteiger partial charge on any atom is -0.350 e. The fourth-order valence-electron chi connectivity index (χ4n) is 5.91. The normalized spacial score (nSPS) is 23.4. The Labute approximate surface area is 210 Å². The lowest BCUT2D eigenvalue weighted by atomic mass is 9.93. The molecular weight excluding hydrogens is 456 g/mol. The van der Waals surface area contributed by atoms with Crippen molar-refractivity contribution in [3.05, 3.63) is 70.1 Å². The zero-order valence-corrected chi connectivity index (χ0v) is 21.6. The third-order valence-corrected chi connectivity index (χ3v) is 8.42. The fourth-order valence-corrected chi connectivity index (χ4v) is 6.82. The van der Waals surface area contributed by atoms with Gasteiger partial charge in [-0.15, -0.1) is 11.3 Å². The predicted octanol–water partition coefficient (Wildman–Crippen LogP) is 5.05. The summed E-state index contributed by atoms with van der Waals surface area (Å²) in [6, 6.07) is 10.0. The molecule has 1 aliphatic carbocycles. The highest BCUT2D eigenvalue weighted by Gasteiger charge is 2.48. The molecule has 3 aromatic rings. The highest BCUT2D eigenvalue weighted by molar-refractivity contribution is 7.15. The molecule has 4 unspecified atom stereocenters. The average Bonchev–Trinajstić information content (AvgIpc) is 3.49. The van der Waals surface area contributed by atoms with E-state index in [1.54, 1.807) is 23.7 Å². The first-order valence-corrected chi connectivity index (χ1v) is 13.2. The maximum absolute atomic E-state index is 14.0. The third-order valence-electron chi connectivity index (χ3n) is 7.40. The van der Waals surface area contributed by atoms with Crippen LogP contribution in [0.5, 0.6) is 0 Å². The highest BCUT2D eigenvalue weighted by Crippen LogP contribution is 2.45. The Hall–Kier alpha value is -3.06. The van der Waals surface area contributed by atoms with Crippen LogP contribution in [-0.4, -0.2) is 45.8 Å². The van der Waals surface area contributed by atoms with E-state index in [4.69, 9.17) is 0 Å². The predicted molar refractivity (Wildman–Crippen MR) is 139 cm³/mol. The zero-order chi connectivity index (χ0) is 24.7. The number of rotatable bonds is 5. The number of carbonyl (C=O) groups excluding carboxylic acids is 2. The molecule has 1 aliphatic heterocycles. The molecule has 6 nitrogen and oxygen atoms in total. The van der Waals surface area contributed by atoms with Crippen LogP contribution >= 0.6 is 11.3 Å². The van der Waals surface area contributed by atoms with Crippen LogP contribution < -0.4 is 5.32 Å². The van der Waals surface area contributed by atoms with Crippen LogP contribution in [0.1, 0.15) is 56.7 Å². The number of nitrogens with one attached hydrogen (secondary N) is 1. The molecular formula is C28H32N4O2S. The number of pyridine rings is 1. The minimum atomic E-state index is -0.145. The molecule has 0 bridgehead atoms. The van der Waals surface area contributed by atoms with Crippen LogP contribution in [0, 0.1) is 38.5 Å². The molecule has 1 saturated heterocycles. The molecule has 1 N–H and O–H groups in total. The van der Waals surface area contributed by atoms with Crippen molar-refractivity contribution in [1.29, 1.82) is 0 Å². The van der Waals surface area contributed by atoms with E-state index in [-0.39, 0.29) is 17.9 Å². The van der Waals surface area contributed by atoms with E-state index < -0.39 is 0 Å². The van der Waals surface area contributed by atoms with Gasteiger partial charge in [0.25, 0.3) is 11.8 Å². The molecule has 2 aliphatic rings. The van der Waals surface area contributed by atoms with E-state index in [0.717, 1.165) is 46.0 Å². The van der Waals surface area contributed by atoms with Crippen LogP contribution in [0.25, 0.3) is 10.4 Å². The van der Waals surface area contributed by atoms with Crippen molar-refractivity contribution in [3.63, 3.8) is 0 Å². The Morgan fingerprint density at radius 3 is 2.71 bits per heavy atom. The van der Waals surface area contributed by atoms with Crippen molar-refractivity contribution < 1.29 is 9.59 Å². The van der Waals surface area contributed by atoms with Crippen molar-refractivity contribution in [2.24, 2.45) is 17.8 Å². The molecule has 7 heteroatoms. The fraction of sp³-hybridized carbons (Fsp3) is 0.429. The number of likely N-dealkylation sites (tertiary alicyclic amines) is 1. The number of nitrogens with zero attached hydrogens (tertiary/aromatic N) is 3. The number of aromatic nitrogens is 2. The van der Waals surface area contributed by atoms with Crippen molar-refractivity contribution in [2.45, 2.75) is 46.6 Å². The summed E-state index contributed by atoms with van der Waals surface area (Å²) in [5.74, 6) is 1.34. The van der Waals surface area contributed by atoms with Crippen molar-refractivity contribution in [1.82, 2.24) is 20.2 Å². The summed E-state index contributed by atoms with van der Waals surface area (Å²) in [5, 5.41) is 3.98. The Balaban J connectivity index is 1.41. The molecule has 4 atom stereocenters. The molecule has 1 aromatic carbocycles. The number of hydrogen-bond donors (Lipinski definition) is 1. The van der Waals surface area contributed by atoms with E-state index in [0.29, 0.717) is 35.6 Å². The number of thiazole rings is 1. The minimum absolute atomic E-state index is 0.0237. The number of hydrogen-bond acceptors (Lipinski definition) is 5.